The minimum absolute atomic E-state index is 0.743. The minimum atomic E-state index is 0.743. The molecule has 4 unspecified atom stereocenters. The van der Waals surface area contributed by atoms with Gasteiger partial charge in [0.05, 0.1) is 0 Å². The van der Waals surface area contributed by atoms with Gasteiger partial charge in [-0.2, -0.15) is 0 Å². The average Bonchev–Trinajstić information content (AvgIpc) is 2.38. The predicted molar refractivity (Wildman–Crippen MR) is 80.9 cm³/mol. The molecular weight excluding hydrogens is 220 g/mol. The number of rotatable bonds is 7. The van der Waals surface area contributed by atoms with Crippen molar-refractivity contribution in [3.05, 3.63) is 0 Å². The van der Waals surface area contributed by atoms with E-state index in [4.69, 9.17) is 0 Å². The molecular formula is C16H34N2. The first-order valence-electron chi connectivity index (χ1n) is 8.00. The first-order chi connectivity index (χ1) is 8.60. The van der Waals surface area contributed by atoms with Crippen LogP contribution in [-0.4, -0.2) is 37.6 Å². The van der Waals surface area contributed by atoms with Crippen LogP contribution >= 0.6 is 0 Å². The van der Waals surface area contributed by atoms with Gasteiger partial charge in [-0.1, -0.05) is 34.1 Å². The van der Waals surface area contributed by atoms with Gasteiger partial charge in [-0.3, -0.25) is 0 Å². The fourth-order valence-corrected chi connectivity index (χ4v) is 3.31. The summed E-state index contributed by atoms with van der Waals surface area (Å²) in [6, 6.07) is 0.743. The lowest BCUT2D eigenvalue weighted by Crippen LogP contribution is -2.45. The van der Waals surface area contributed by atoms with Crippen LogP contribution in [0.3, 0.4) is 0 Å². The minimum Gasteiger partial charge on any atom is -0.317 e. The second-order valence-corrected chi connectivity index (χ2v) is 6.44. The Morgan fingerprint density at radius 1 is 1.28 bits per heavy atom. The van der Waals surface area contributed by atoms with Crippen LogP contribution in [0.15, 0.2) is 0 Å². The molecule has 108 valence electrons. The number of hydrogen-bond acceptors (Lipinski definition) is 2. The molecule has 1 fully saturated rings. The monoisotopic (exact) mass is 254 g/mol. The number of nitrogens with zero attached hydrogens (tertiary/aromatic N) is 1. The van der Waals surface area contributed by atoms with Crippen molar-refractivity contribution in [2.75, 3.05) is 26.7 Å². The maximum Gasteiger partial charge on any atom is 0.0105 e. The van der Waals surface area contributed by atoms with Crippen molar-refractivity contribution < 1.29 is 0 Å². The summed E-state index contributed by atoms with van der Waals surface area (Å²) >= 11 is 0. The average molecular weight is 254 g/mol. The topological polar surface area (TPSA) is 15.3 Å². The van der Waals surface area contributed by atoms with Crippen LogP contribution in [0, 0.1) is 17.8 Å². The van der Waals surface area contributed by atoms with Gasteiger partial charge in [0.25, 0.3) is 0 Å². The number of hydrogen-bond donors (Lipinski definition) is 1. The van der Waals surface area contributed by atoms with E-state index in [9.17, 15) is 0 Å². The van der Waals surface area contributed by atoms with E-state index in [1.807, 2.05) is 0 Å². The fourth-order valence-electron chi connectivity index (χ4n) is 3.31. The zero-order valence-corrected chi connectivity index (χ0v) is 13.2. The van der Waals surface area contributed by atoms with E-state index in [2.05, 4.69) is 45.0 Å². The van der Waals surface area contributed by atoms with Crippen LogP contribution in [0.4, 0.5) is 0 Å². The quantitative estimate of drug-likeness (QED) is 0.749. The molecule has 0 bridgehead atoms. The third-order valence-electron chi connectivity index (χ3n) is 4.82. The molecule has 0 aromatic carbocycles. The van der Waals surface area contributed by atoms with Gasteiger partial charge in [-0.05, 0) is 50.6 Å². The van der Waals surface area contributed by atoms with Crippen molar-refractivity contribution >= 4 is 0 Å². The highest BCUT2D eigenvalue weighted by Crippen LogP contribution is 2.29. The van der Waals surface area contributed by atoms with Gasteiger partial charge in [-0.15, -0.1) is 0 Å². The van der Waals surface area contributed by atoms with E-state index in [1.165, 1.54) is 45.3 Å². The third-order valence-corrected chi connectivity index (χ3v) is 4.82. The molecule has 0 amide bonds. The van der Waals surface area contributed by atoms with Gasteiger partial charge in [0.15, 0.2) is 0 Å². The van der Waals surface area contributed by atoms with E-state index in [0.717, 1.165) is 23.8 Å². The molecule has 2 nitrogen and oxygen atoms in total. The largest absolute Gasteiger partial charge is 0.317 e. The highest BCUT2D eigenvalue weighted by molar-refractivity contribution is 4.84. The molecule has 18 heavy (non-hydrogen) atoms. The molecule has 0 aliphatic heterocycles. The molecule has 1 aliphatic carbocycles. The standard InChI is InChI=1S/C16H34N2/c1-6-13(3)11-18(7-2)12-15-10-14(4)8-9-16(15)17-5/h13-17H,6-12H2,1-5H3. The maximum atomic E-state index is 3.54. The van der Waals surface area contributed by atoms with Gasteiger partial charge in [-0.25, -0.2) is 0 Å². The summed E-state index contributed by atoms with van der Waals surface area (Å²) in [5.74, 6) is 2.60. The van der Waals surface area contributed by atoms with Gasteiger partial charge < -0.3 is 10.2 Å². The van der Waals surface area contributed by atoms with Crippen molar-refractivity contribution in [2.45, 2.75) is 59.4 Å². The molecule has 0 saturated heterocycles. The van der Waals surface area contributed by atoms with E-state index in [0.29, 0.717) is 0 Å². The molecule has 4 atom stereocenters. The Kier molecular flexibility index (Phi) is 7.25. The van der Waals surface area contributed by atoms with Crippen molar-refractivity contribution in [1.29, 1.82) is 0 Å². The predicted octanol–water partition coefficient (Wildman–Crippen LogP) is 3.38. The normalized spacial score (nSPS) is 30.7. The van der Waals surface area contributed by atoms with Gasteiger partial charge in [0.1, 0.15) is 0 Å². The first-order valence-corrected chi connectivity index (χ1v) is 8.00. The van der Waals surface area contributed by atoms with E-state index in [-0.39, 0.29) is 0 Å². The lowest BCUT2D eigenvalue weighted by Gasteiger charge is -2.38. The smallest absolute Gasteiger partial charge is 0.0105 e. The molecule has 1 aliphatic rings. The highest BCUT2D eigenvalue weighted by Gasteiger charge is 2.28. The van der Waals surface area contributed by atoms with Crippen LogP contribution in [0.25, 0.3) is 0 Å². The van der Waals surface area contributed by atoms with Crippen molar-refractivity contribution in [3.8, 4) is 0 Å². The Hall–Kier alpha value is -0.0800. The van der Waals surface area contributed by atoms with Crippen LogP contribution in [0.5, 0.6) is 0 Å². The lowest BCUT2D eigenvalue weighted by atomic mass is 9.78. The highest BCUT2D eigenvalue weighted by atomic mass is 15.1. The van der Waals surface area contributed by atoms with Crippen LogP contribution in [0.2, 0.25) is 0 Å². The molecule has 0 spiro atoms. The summed E-state index contributed by atoms with van der Waals surface area (Å²) in [6.45, 7) is 13.2. The zero-order valence-electron chi connectivity index (χ0n) is 13.2. The second kappa shape index (κ2) is 8.16. The summed E-state index contributed by atoms with van der Waals surface area (Å²) in [5.41, 5.74) is 0. The Morgan fingerprint density at radius 3 is 2.56 bits per heavy atom. The molecule has 0 aromatic rings. The Morgan fingerprint density at radius 2 is 2.00 bits per heavy atom. The van der Waals surface area contributed by atoms with Gasteiger partial charge in [0, 0.05) is 19.1 Å². The van der Waals surface area contributed by atoms with Crippen LogP contribution in [-0.2, 0) is 0 Å². The Labute approximate surface area is 115 Å². The molecule has 2 heteroatoms. The van der Waals surface area contributed by atoms with Gasteiger partial charge in [0.2, 0.25) is 0 Å². The van der Waals surface area contributed by atoms with Crippen molar-refractivity contribution in [3.63, 3.8) is 0 Å². The van der Waals surface area contributed by atoms with Crippen molar-refractivity contribution in [2.24, 2.45) is 17.8 Å². The Bertz CT molecular complexity index is 217. The summed E-state index contributed by atoms with van der Waals surface area (Å²) in [7, 11) is 2.14. The molecule has 0 radical (unpaired) electrons. The summed E-state index contributed by atoms with van der Waals surface area (Å²) in [6.07, 6.45) is 5.47. The number of nitrogens with one attached hydrogen (secondary N) is 1. The molecule has 0 heterocycles. The third kappa shape index (κ3) is 4.89. The molecule has 0 aromatic heterocycles. The fraction of sp³-hybridized carbons (Fsp3) is 1.00. The van der Waals surface area contributed by atoms with E-state index in [1.54, 1.807) is 0 Å². The summed E-state index contributed by atoms with van der Waals surface area (Å²) < 4.78 is 0. The van der Waals surface area contributed by atoms with Gasteiger partial charge >= 0.3 is 0 Å². The summed E-state index contributed by atoms with van der Waals surface area (Å²) in [4.78, 5) is 2.67. The Balaban J connectivity index is 2.49. The summed E-state index contributed by atoms with van der Waals surface area (Å²) in [5, 5.41) is 3.54. The second-order valence-electron chi connectivity index (χ2n) is 6.44. The zero-order chi connectivity index (χ0) is 13.5. The van der Waals surface area contributed by atoms with Crippen LogP contribution < -0.4 is 5.32 Å². The first kappa shape index (κ1) is 16.0. The van der Waals surface area contributed by atoms with Crippen LogP contribution in [0.1, 0.15) is 53.4 Å². The molecule has 1 rings (SSSR count). The SMILES string of the molecule is CCC(C)CN(CC)CC1CC(C)CCC1NC. The van der Waals surface area contributed by atoms with E-state index < -0.39 is 0 Å². The maximum absolute atomic E-state index is 3.54. The molecule has 1 saturated carbocycles. The lowest BCUT2D eigenvalue weighted by molar-refractivity contribution is 0.140. The van der Waals surface area contributed by atoms with Crippen molar-refractivity contribution in [1.82, 2.24) is 10.2 Å². The van der Waals surface area contributed by atoms with E-state index >= 15 is 0 Å². The molecule has 1 N–H and O–H groups in total.